The van der Waals surface area contributed by atoms with Gasteiger partial charge in [0.15, 0.2) is 0 Å². The Morgan fingerprint density at radius 2 is 1.03 bits per heavy atom. The Morgan fingerprint density at radius 3 is 1.39 bits per heavy atom. The van der Waals surface area contributed by atoms with Gasteiger partial charge < -0.3 is 4.74 Å². The summed E-state index contributed by atoms with van der Waals surface area (Å²) in [5, 5.41) is 23.6. The summed E-state index contributed by atoms with van der Waals surface area (Å²) >= 11 is 12.3. The second-order valence-electron chi connectivity index (χ2n) is 7.00. The second-order valence-corrected chi connectivity index (χ2v) is 7.87. The maximum Gasteiger partial charge on any atom is 0.270 e. The average molecular weight is 481 g/mol. The predicted molar refractivity (Wildman–Crippen MR) is 127 cm³/mol. The molecular formula is C24H14Cl2N2O5. The van der Waals surface area contributed by atoms with Crippen molar-refractivity contribution in [1.82, 2.24) is 0 Å². The van der Waals surface area contributed by atoms with Crippen LogP contribution < -0.4 is 4.74 Å². The zero-order valence-corrected chi connectivity index (χ0v) is 18.3. The van der Waals surface area contributed by atoms with Crippen molar-refractivity contribution >= 4 is 34.6 Å². The van der Waals surface area contributed by atoms with Crippen LogP contribution in [0.25, 0.3) is 22.3 Å². The highest BCUT2D eigenvalue weighted by Gasteiger charge is 2.18. The van der Waals surface area contributed by atoms with E-state index >= 15 is 0 Å². The topological polar surface area (TPSA) is 95.5 Å². The molecule has 0 aromatic heterocycles. The van der Waals surface area contributed by atoms with E-state index in [1.165, 1.54) is 36.4 Å². The minimum atomic E-state index is -0.499. The maximum absolute atomic E-state index is 11.4. The molecule has 0 atom stereocenters. The quantitative estimate of drug-likeness (QED) is 0.206. The Kier molecular flexibility index (Phi) is 6.26. The Hall–Kier alpha value is -3.94. The fraction of sp³-hybridized carbons (Fsp3) is 0. The van der Waals surface area contributed by atoms with E-state index in [0.29, 0.717) is 43.8 Å². The lowest BCUT2D eigenvalue weighted by Gasteiger charge is -2.15. The van der Waals surface area contributed by atoms with Crippen LogP contribution in [-0.2, 0) is 0 Å². The van der Waals surface area contributed by atoms with Crippen LogP contribution in [0.15, 0.2) is 84.9 Å². The molecule has 0 aliphatic carbocycles. The van der Waals surface area contributed by atoms with Crippen LogP contribution in [0.2, 0.25) is 10.0 Å². The number of hydrogen-bond donors (Lipinski definition) is 0. The minimum Gasteiger partial charge on any atom is -0.456 e. The molecular weight excluding hydrogens is 467 g/mol. The van der Waals surface area contributed by atoms with E-state index in [0.717, 1.165) is 0 Å². The summed E-state index contributed by atoms with van der Waals surface area (Å²) in [6.07, 6.45) is 0. The average Bonchev–Trinajstić information content (AvgIpc) is 2.79. The maximum atomic E-state index is 11.4. The van der Waals surface area contributed by atoms with Crippen LogP contribution in [0, 0.1) is 20.2 Å². The van der Waals surface area contributed by atoms with Gasteiger partial charge >= 0.3 is 0 Å². The van der Waals surface area contributed by atoms with Crippen LogP contribution >= 0.6 is 23.2 Å². The third-order valence-electron chi connectivity index (χ3n) is 4.84. The van der Waals surface area contributed by atoms with E-state index in [9.17, 15) is 20.2 Å². The monoisotopic (exact) mass is 480 g/mol. The first-order valence-corrected chi connectivity index (χ1v) is 10.3. The van der Waals surface area contributed by atoms with E-state index in [1.807, 2.05) is 0 Å². The van der Waals surface area contributed by atoms with Crippen molar-refractivity contribution < 1.29 is 14.6 Å². The lowest BCUT2D eigenvalue weighted by molar-refractivity contribution is -0.385. The lowest BCUT2D eigenvalue weighted by atomic mass is 10.0. The van der Waals surface area contributed by atoms with Crippen molar-refractivity contribution in [2.75, 3.05) is 0 Å². The lowest BCUT2D eigenvalue weighted by Crippen LogP contribution is -1.95. The van der Waals surface area contributed by atoms with Crippen molar-refractivity contribution in [3.63, 3.8) is 0 Å². The molecule has 0 heterocycles. The molecule has 4 aromatic carbocycles. The van der Waals surface area contributed by atoms with Gasteiger partial charge in [-0.25, -0.2) is 0 Å². The number of nitro benzene ring substituents is 2. The number of benzene rings is 4. The summed E-state index contributed by atoms with van der Waals surface area (Å²) in [4.78, 5) is 21.7. The molecule has 7 nitrogen and oxygen atoms in total. The van der Waals surface area contributed by atoms with Crippen LogP contribution in [0.1, 0.15) is 0 Å². The summed E-state index contributed by atoms with van der Waals surface area (Å²) in [5.74, 6) is 0.639. The van der Waals surface area contributed by atoms with E-state index in [2.05, 4.69) is 0 Å². The zero-order valence-electron chi connectivity index (χ0n) is 16.8. The first kappa shape index (κ1) is 22.3. The number of non-ortho nitro benzene ring substituents is 2. The van der Waals surface area contributed by atoms with Crippen LogP contribution in [0.3, 0.4) is 0 Å². The molecule has 0 amide bonds. The smallest absolute Gasteiger partial charge is 0.270 e. The molecule has 0 fully saturated rings. The summed E-state index contributed by atoms with van der Waals surface area (Å²) < 4.78 is 6.17. The zero-order chi connectivity index (χ0) is 23.5. The third-order valence-corrected chi connectivity index (χ3v) is 5.31. The van der Waals surface area contributed by atoms with Gasteiger partial charge in [-0.15, -0.1) is 0 Å². The molecule has 0 saturated heterocycles. The molecule has 0 unspecified atom stereocenters. The van der Waals surface area contributed by atoms with E-state index in [4.69, 9.17) is 27.9 Å². The highest BCUT2D eigenvalue weighted by atomic mass is 35.5. The van der Waals surface area contributed by atoms with Crippen molar-refractivity contribution in [3.05, 3.63) is 115 Å². The third kappa shape index (κ3) is 4.95. The highest BCUT2D eigenvalue weighted by Crippen LogP contribution is 2.41. The van der Waals surface area contributed by atoms with Gasteiger partial charge in [-0.1, -0.05) is 47.5 Å². The number of rotatable bonds is 6. The van der Waals surface area contributed by atoms with Crippen LogP contribution in [-0.4, -0.2) is 9.85 Å². The Morgan fingerprint density at radius 1 is 0.606 bits per heavy atom. The van der Waals surface area contributed by atoms with Gasteiger partial charge in [0.2, 0.25) is 0 Å². The summed E-state index contributed by atoms with van der Waals surface area (Å²) in [5.41, 5.74) is 1.90. The van der Waals surface area contributed by atoms with E-state index < -0.39 is 9.85 Å². The first-order chi connectivity index (χ1) is 15.8. The molecule has 0 aliphatic rings. The summed E-state index contributed by atoms with van der Waals surface area (Å²) in [6.45, 7) is 0. The van der Waals surface area contributed by atoms with Gasteiger partial charge in [0, 0.05) is 45.4 Å². The number of hydrogen-bond acceptors (Lipinski definition) is 5. The van der Waals surface area contributed by atoms with Gasteiger partial charge in [-0.3, -0.25) is 20.2 Å². The fourth-order valence-corrected chi connectivity index (χ4v) is 3.70. The molecule has 4 aromatic rings. The molecule has 33 heavy (non-hydrogen) atoms. The molecule has 0 saturated carbocycles. The molecule has 0 N–H and O–H groups in total. The Balaban J connectivity index is 1.87. The number of ether oxygens (including phenoxy) is 1. The largest absolute Gasteiger partial charge is 0.456 e. The van der Waals surface area contributed by atoms with E-state index in [-0.39, 0.29) is 11.4 Å². The summed E-state index contributed by atoms with van der Waals surface area (Å²) in [7, 11) is 0. The van der Waals surface area contributed by atoms with Crippen molar-refractivity contribution in [3.8, 4) is 33.8 Å². The Labute approximate surface area is 198 Å². The number of nitrogens with zero attached hydrogens (tertiary/aromatic N) is 2. The molecule has 4 rings (SSSR count). The van der Waals surface area contributed by atoms with Crippen LogP contribution in [0.4, 0.5) is 11.4 Å². The minimum absolute atomic E-state index is 0.115. The molecule has 9 heteroatoms. The van der Waals surface area contributed by atoms with E-state index in [1.54, 1.807) is 48.5 Å². The first-order valence-electron chi connectivity index (χ1n) is 9.58. The number of halogens is 2. The highest BCUT2D eigenvalue weighted by molar-refractivity contribution is 6.31. The molecule has 0 radical (unpaired) electrons. The second kappa shape index (κ2) is 9.28. The van der Waals surface area contributed by atoms with Gasteiger partial charge in [0.25, 0.3) is 11.4 Å². The fourth-order valence-electron chi connectivity index (χ4n) is 3.32. The van der Waals surface area contributed by atoms with Gasteiger partial charge in [0.05, 0.1) is 9.85 Å². The van der Waals surface area contributed by atoms with Gasteiger partial charge in [0.1, 0.15) is 11.5 Å². The number of nitro groups is 2. The van der Waals surface area contributed by atoms with Crippen molar-refractivity contribution in [2.24, 2.45) is 0 Å². The predicted octanol–water partition coefficient (Wildman–Crippen LogP) is 7.94. The molecule has 0 aliphatic heterocycles. The Bertz CT molecular complexity index is 1290. The SMILES string of the molecule is O=[N+]([O-])c1ccc(Oc2ccc([N+](=O)[O-])cc2-c2cccc(Cl)c2)c(-c2cccc(Cl)c2)c1. The standard InChI is InChI=1S/C24H14Cl2N2O5/c25-17-5-1-3-15(11-17)21-13-19(27(29)30)7-9-23(21)33-24-10-8-20(28(31)32)14-22(24)16-4-2-6-18(26)12-16/h1-14H. The van der Waals surface area contributed by atoms with Crippen LogP contribution in [0.5, 0.6) is 11.5 Å². The van der Waals surface area contributed by atoms with Crippen molar-refractivity contribution in [1.29, 1.82) is 0 Å². The normalized spacial score (nSPS) is 10.6. The van der Waals surface area contributed by atoms with Crippen molar-refractivity contribution in [2.45, 2.75) is 0 Å². The summed E-state index contributed by atoms with van der Waals surface area (Å²) in [6, 6.07) is 22.1. The molecule has 0 spiro atoms. The van der Waals surface area contributed by atoms with Gasteiger partial charge in [-0.05, 0) is 47.5 Å². The van der Waals surface area contributed by atoms with Gasteiger partial charge in [-0.2, -0.15) is 0 Å². The molecule has 164 valence electrons. The molecule has 0 bridgehead atoms.